The lowest BCUT2D eigenvalue weighted by Crippen LogP contribution is -2.54. The number of rotatable bonds is 7. The summed E-state index contributed by atoms with van der Waals surface area (Å²) < 4.78 is 14.5. The summed E-state index contributed by atoms with van der Waals surface area (Å²) in [6.07, 6.45) is 3.39. The van der Waals surface area contributed by atoms with E-state index in [1.807, 2.05) is 19.0 Å². The molecule has 0 unspecified atom stereocenters. The van der Waals surface area contributed by atoms with Gasteiger partial charge in [0.2, 0.25) is 5.91 Å². The Morgan fingerprint density at radius 3 is 2.58 bits per heavy atom. The fourth-order valence-electron chi connectivity index (χ4n) is 4.88. The first-order valence-electron chi connectivity index (χ1n) is 12.7. The predicted molar refractivity (Wildman–Crippen MR) is 148 cm³/mol. The first kappa shape index (κ1) is 26.3. The molecular weight excluding hydrogens is 507 g/mol. The first-order valence-corrected chi connectivity index (χ1v) is 13.1. The van der Waals surface area contributed by atoms with E-state index in [1.54, 1.807) is 24.4 Å². The largest absolute Gasteiger partial charge is 0.360 e. The van der Waals surface area contributed by atoms with E-state index in [-0.39, 0.29) is 17.4 Å². The van der Waals surface area contributed by atoms with E-state index >= 15 is 0 Å². The Balaban J connectivity index is 1.27. The van der Waals surface area contributed by atoms with Crippen molar-refractivity contribution in [2.45, 2.75) is 18.9 Å². The van der Waals surface area contributed by atoms with Gasteiger partial charge in [-0.3, -0.25) is 9.69 Å². The Kier molecular flexibility index (Phi) is 7.73. The highest BCUT2D eigenvalue weighted by Gasteiger charge is 2.38. The maximum atomic E-state index is 14.5. The summed E-state index contributed by atoms with van der Waals surface area (Å²) in [5.74, 6) is 0.601. The molecule has 2 N–H and O–H groups in total. The van der Waals surface area contributed by atoms with Gasteiger partial charge in [-0.05, 0) is 50.2 Å². The summed E-state index contributed by atoms with van der Waals surface area (Å²) in [5, 5.41) is 15.2. The second-order valence-electron chi connectivity index (χ2n) is 10.2. The molecule has 38 heavy (non-hydrogen) atoms. The molecular formula is C27H32ClFN8O. The van der Waals surface area contributed by atoms with Gasteiger partial charge in [0, 0.05) is 80.8 Å². The Hall–Kier alpha value is -3.34. The van der Waals surface area contributed by atoms with Crippen molar-refractivity contribution in [1.29, 1.82) is 0 Å². The van der Waals surface area contributed by atoms with Gasteiger partial charge in [0.15, 0.2) is 5.82 Å². The summed E-state index contributed by atoms with van der Waals surface area (Å²) in [6.45, 7) is 4.29. The molecule has 9 nitrogen and oxygen atoms in total. The van der Waals surface area contributed by atoms with Gasteiger partial charge in [0.05, 0.1) is 11.4 Å². The molecule has 1 saturated heterocycles. The van der Waals surface area contributed by atoms with Crippen LogP contribution in [0, 0.1) is 11.7 Å². The van der Waals surface area contributed by atoms with Crippen molar-refractivity contribution >= 4 is 40.5 Å². The zero-order valence-corrected chi connectivity index (χ0v) is 22.5. The molecule has 0 radical (unpaired) electrons. The molecule has 0 atom stereocenters. The lowest BCUT2D eigenvalue weighted by molar-refractivity contribution is -0.124. The number of nitrogens with one attached hydrogen (secondary N) is 2. The molecule has 1 saturated carbocycles. The molecule has 0 spiro atoms. The van der Waals surface area contributed by atoms with Gasteiger partial charge >= 0.3 is 0 Å². The number of hydrogen-bond acceptors (Lipinski definition) is 8. The second kappa shape index (κ2) is 11.2. The quantitative estimate of drug-likeness (QED) is 0.465. The van der Waals surface area contributed by atoms with Crippen LogP contribution in [0.3, 0.4) is 0 Å². The number of nitrogens with zero attached hydrogens (tertiary/aromatic N) is 6. The van der Waals surface area contributed by atoms with Crippen LogP contribution >= 0.6 is 11.6 Å². The number of halogens is 2. The van der Waals surface area contributed by atoms with Crippen LogP contribution < -0.4 is 15.5 Å². The lowest BCUT2D eigenvalue weighted by atomic mass is 9.78. The fourth-order valence-corrected chi connectivity index (χ4v) is 5.05. The van der Waals surface area contributed by atoms with Crippen LogP contribution in [0.25, 0.3) is 11.3 Å². The van der Waals surface area contributed by atoms with Crippen LogP contribution in [0.15, 0.2) is 42.6 Å². The van der Waals surface area contributed by atoms with Crippen molar-refractivity contribution in [3.63, 3.8) is 0 Å². The Morgan fingerprint density at radius 2 is 1.84 bits per heavy atom. The van der Waals surface area contributed by atoms with Gasteiger partial charge in [0.1, 0.15) is 11.6 Å². The minimum atomic E-state index is -0.438. The Morgan fingerprint density at radius 1 is 1.08 bits per heavy atom. The summed E-state index contributed by atoms with van der Waals surface area (Å²) in [5.41, 5.74) is 1.93. The Bertz CT molecular complexity index is 1310. The molecule has 11 heteroatoms. The molecule has 200 valence electrons. The average Bonchev–Trinajstić information content (AvgIpc) is 2.86. The molecule has 2 aromatic heterocycles. The van der Waals surface area contributed by atoms with Crippen molar-refractivity contribution in [3.05, 3.63) is 53.4 Å². The fraction of sp³-hybridized carbons (Fsp3) is 0.407. The number of amides is 1. The van der Waals surface area contributed by atoms with Gasteiger partial charge in [-0.1, -0.05) is 11.6 Å². The molecule has 2 aliphatic rings. The maximum absolute atomic E-state index is 14.5. The third kappa shape index (κ3) is 5.87. The molecule has 3 aromatic rings. The highest BCUT2D eigenvalue weighted by Crippen LogP contribution is 2.34. The normalized spacial score (nSPS) is 20.0. The number of pyridine rings is 1. The molecule has 1 aliphatic heterocycles. The number of aromatic nitrogens is 3. The molecule has 2 fully saturated rings. The van der Waals surface area contributed by atoms with Crippen LogP contribution in [0.2, 0.25) is 5.02 Å². The van der Waals surface area contributed by atoms with Crippen molar-refractivity contribution in [2.24, 2.45) is 5.92 Å². The smallest absolute Gasteiger partial charge is 0.228 e. The third-order valence-electron chi connectivity index (χ3n) is 7.23. The number of hydrogen-bond donors (Lipinski definition) is 2. The van der Waals surface area contributed by atoms with Crippen molar-refractivity contribution in [2.75, 3.05) is 62.9 Å². The highest BCUT2D eigenvalue weighted by atomic mass is 35.5. The van der Waals surface area contributed by atoms with Crippen LogP contribution in [0.5, 0.6) is 0 Å². The van der Waals surface area contributed by atoms with E-state index in [1.165, 1.54) is 18.2 Å². The van der Waals surface area contributed by atoms with Gasteiger partial charge in [-0.2, -0.15) is 0 Å². The van der Waals surface area contributed by atoms with E-state index in [4.69, 9.17) is 11.6 Å². The topological polar surface area (TPSA) is 89.5 Å². The SMILES string of the molecule is CN1CCN([C@H]2C[C@@H](C(=O)Nc3cc(Nc4cc(-c5cc(Cl)ccc5F)nnc4N(C)C)ccn3)C2)CC1. The van der Waals surface area contributed by atoms with Crippen LogP contribution in [0.1, 0.15) is 12.8 Å². The molecule has 1 amide bonds. The van der Waals surface area contributed by atoms with Crippen molar-refractivity contribution in [3.8, 4) is 11.3 Å². The molecule has 1 aliphatic carbocycles. The lowest BCUT2D eigenvalue weighted by Gasteiger charge is -2.45. The summed E-state index contributed by atoms with van der Waals surface area (Å²) in [4.78, 5) is 23.9. The van der Waals surface area contributed by atoms with Gasteiger partial charge in [-0.25, -0.2) is 9.37 Å². The summed E-state index contributed by atoms with van der Waals surface area (Å²) in [7, 11) is 5.84. The van der Waals surface area contributed by atoms with Crippen LogP contribution in [-0.2, 0) is 4.79 Å². The number of carbonyl (C=O) groups is 1. The number of anilines is 4. The number of piperazine rings is 1. The number of carbonyl (C=O) groups excluding carboxylic acids is 1. The minimum Gasteiger partial charge on any atom is -0.360 e. The van der Waals surface area contributed by atoms with E-state index < -0.39 is 5.82 Å². The van der Waals surface area contributed by atoms with Crippen LogP contribution in [0.4, 0.5) is 27.4 Å². The highest BCUT2D eigenvalue weighted by molar-refractivity contribution is 6.30. The van der Waals surface area contributed by atoms with Crippen molar-refractivity contribution < 1.29 is 9.18 Å². The number of likely N-dealkylation sites (N-methyl/N-ethyl adjacent to an activating group) is 1. The molecule has 0 bridgehead atoms. The van der Waals surface area contributed by atoms with E-state index in [0.717, 1.165) is 39.0 Å². The predicted octanol–water partition coefficient (Wildman–Crippen LogP) is 4.11. The van der Waals surface area contributed by atoms with Gasteiger partial charge < -0.3 is 20.4 Å². The van der Waals surface area contributed by atoms with E-state index in [9.17, 15) is 9.18 Å². The average molecular weight is 539 g/mol. The first-order chi connectivity index (χ1) is 18.3. The molecule has 1 aromatic carbocycles. The molecule has 5 rings (SSSR count). The van der Waals surface area contributed by atoms with Crippen molar-refractivity contribution in [1.82, 2.24) is 25.0 Å². The molecule has 3 heterocycles. The minimum absolute atomic E-state index is 0.00157. The summed E-state index contributed by atoms with van der Waals surface area (Å²) in [6, 6.07) is 10.1. The standard InChI is InChI=1S/C27H32ClFN8O/c1-35(2)26-24(16-23(33-34-26)21-14-18(28)4-5-22(21)29)31-19-6-7-30-25(15-19)32-27(38)17-12-20(13-17)37-10-8-36(3)9-11-37/h4-7,14-17,20H,8-13H2,1-3H3,(H2,30,31,32,33,38)/t17-,20+. The Labute approximate surface area is 227 Å². The monoisotopic (exact) mass is 538 g/mol. The van der Waals surface area contributed by atoms with E-state index in [0.29, 0.717) is 39.8 Å². The zero-order valence-electron chi connectivity index (χ0n) is 21.8. The second-order valence-corrected chi connectivity index (χ2v) is 10.6. The third-order valence-corrected chi connectivity index (χ3v) is 7.47. The number of benzene rings is 1. The van der Waals surface area contributed by atoms with Crippen LogP contribution in [-0.4, -0.2) is 84.3 Å². The maximum Gasteiger partial charge on any atom is 0.228 e. The zero-order chi connectivity index (χ0) is 26.8. The van der Waals surface area contributed by atoms with Gasteiger partial charge in [-0.15, -0.1) is 10.2 Å². The van der Waals surface area contributed by atoms with Gasteiger partial charge in [0.25, 0.3) is 0 Å². The summed E-state index contributed by atoms with van der Waals surface area (Å²) >= 11 is 6.08. The van der Waals surface area contributed by atoms with E-state index in [2.05, 4.69) is 42.7 Å².